The molecule has 0 radical (unpaired) electrons. The number of ether oxygens (including phenoxy) is 1. The summed E-state index contributed by atoms with van der Waals surface area (Å²) in [5, 5.41) is 0.945. The number of thiophene rings is 1. The van der Waals surface area contributed by atoms with E-state index in [1.807, 2.05) is 32.3 Å². The van der Waals surface area contributed by atoms with Crippen molar-refractivity contribution in [2.45, 2.75) is 36.6 Å². The number of amides is 1. The van der Waals surface area contributed by atoms with E-state index in [1.54, 1.807) is 29.8 Å². The maximum Gasteiger partial charge on any atom is 0.242 e. The van der Waals surface area contributed by atoms with Crippen molar-refractivity contribution in [3.63, 3.8) is 0 Å². The number of fused-ring (bicyclic) bond motifs is 2. The van der Waals surface area contributed by atoms with Gasteiger partial charge in [0.2, 0.25) is 15.9 Å². The Morgan fingerprint density at radius 2 is 1.93 bits per heavy atom. The molecular formula is C29H38N8O4S2. The third-order valence-corrected chi connectivity index (χ3v) is 11.7. The number of aromatic nitrogens is 3. The van der Waals surface area contributed by atoms with Crippen molar-refractivity contribution in [2.24, 2.45) is 5.73 Å². The molecule has 2 atom stereocenters. The smallest absolute Gasteiger partial charge is 0.242 e. The lowest BCUT2D eigenvalue weighted by atomic mass is 10.0. The molecule has 0 saturated carbocycles. The van der Waals surface area contributed by atoms with Gasteiger partial charge >= 0.3 is 0 Å². The van der Waals surface area contributed by atoms with E-state index in [0.29, 0.717) is 32.8 Å². The molecule has 0 spiro atoms. The van der Waals surface area contributed by atoms with E-state index < -0.39 is 15.6 Å². The predicted octanol–water partition coefficient (Wildman–Crippen LogP) is 2.38. The van der Waals surface area contributed by atoms with Crippen molar-refractivity contribution < 1.29 is 17.9 Å². The molecule has 43 heavy (non-hydrogen) atoms. The lowest BCUT2D eigenvalue weighted by Crippen LogP contribution is -2.61. The van der Waals surface area contributed by atoms with E-state index in [2.05, 4.69) is 35.7 Å². The van der Waals surface area contributed by atoms with Crippen LogP contribution in [0, 0.1) is 0 Å². The molecule has 230 valence electrons. The Bertz CT molecular complexity index is 1710. The number of sulfonamides is 1. The zero-order valence-electron chi connectivity index (χ0n) is 24.9. The highest BCUT2D eigenvalue weighted by Crippen LogP contribution is 2.39. The van der Waals surface area contributed by atoms with Gasteiger partial charge in [0.15, 0.2) is 0 Å². The quantitative estimate of drug-likeness (QED) is 0.302. The molecule has 6 rings (SSSR count). The second-order valence-corrected chi connectivity index (χ2v) is 15.1. The van der Waals surface area contributed by atoms with Gasteiger partial charge in [-0.3, -0.25) is 19.5 Å². The number of benzene rings is 1. The van der Waals surface area contributed by atoms with Crippen LogP contribution in [-0.4, -0.2) is 114 Å². The summed E-state index contributed by atoms with van der Waals surface area (Å²) in [6, 6.07) is 7.56. The molecule has 1 aromatic carbocycles. The Labute approximate surface area is 255 Å². The minimum atomic E-state index is -3.65. The zero-order chi connectivity index (χ0) is 30.5. The molecule has 3 N–H and O–H groups in total. The summed E-state index contributed by atoms with van der Waals surface area (Å²) < 4.78 is 34.9. The van der Waals surface area contributed by atoms with Crippen molar-refractivity contribution in [3.8, 4) is 0 Å². The van der Waals surface area contributed by atoms with Crippen LogP contribution >= 0.6 is 11.3 Å². The summed E-state index contributed by atoms with van der Waals surface area (Å²) in [5.74, 6) is -0.328. The van der Waals surface area contributed by atoms with Crippen molar-refractivity contribution in [1.82, 2.24) is 34.0 Å². The molecule has 14 heteroatoms. The maximum atomic E-state index is 13.1. The summed E-state index contributed by atoms with van der Waals surface area (Å²) >= 11 is 1.69. The van der Waals surface area contributed by atoms with Crippen LogP contribution in [0.2, 0.25) is 0 Å². The fourth-order valence-electron chi connectivity index (χ4n) is 6.08. The number of primary amides is 1. The van der Waals surface area contributed by atoms with Crippen LogP contribution in [0.5, 0.6) is 0 Å². The van der Waals surface area contributed by atoms with Gasteiger partial charge in [0.05, 0.1) is 39.5 Å². The first-order valence-electron chi connectivity index (χ1n) is 14.3. The predicted molar refractivity (Wildman–Crippen MR) is 166 cm³/mol. The highest BCUT2D eigenvalue weighted by atomic mass is 32.2. The lowest BCUT2D eigenvalue weighted by Gasteiger charge is -2.48. The first-order valence-corrected chi connectivity index (χ1v) is 16.6. The van der Waals surface area contributed by atoms with Gasteiger partial charge in [-0.15, -0.1) is 11.3 Å². The van der Waals surface area contributed by atoms with E-state index in [1.165, 1.54) is 18.4 Å². The molecule has 3 aromatic heterocycles. The number of H-pyrrole nitrogens is 1. The third kappa shape index (κ3) is 5.57. The highest BCUT2D eigenvalue weighted by Gasteiger charge is 2.39. The molecule has 1 amide bonds. The van der Waals surface area contributed by atoms with Crippen LogP contribution in [0.1, 0.15) is 36.6 Å². The Morgan fingerprint density at radius 3 is 2.63 bits per heavy atom. The van der Waals surface area contributed by atoms with Gasteiger partial charge in [0.25, 0.3) is 0 Å². The summed E-state index contributed by atoms with van der Waals surface area (Å²) in [6.45, 7) is 8.46. The number of piperazine rings is 1. The van der Waals surface area contributed by atoms with E-state index in [0.717, 1.165) is 44.6 Å². The molecule has 2 fully saturated rings. The first-order chi connectivity index (χ1) is 20.5. The summed E-state index contributed by atoms with van der Waals surface area (Å²) in [4.78, 5) is 32.5. The standard InChI is InChI=1S/C29H38N8O4S2/c1-29(2,28(30)38)37-9-7-35(8-10-37)27(25-15-23-26(42-25)16-31-18-33-23)36-11-12-41-24(17-36)21-13-19(43(39,40)34(3)4)14-22-20(21)5-6-32-22/h5-6,13-16,18,24,27,32H,7-12,17H2,1-4H3,(H2,30,38). The van der Waals surface area contributed by atoms with Crippen molar-refractivity contribution in [3.05, 3.63) is 53.4 Å². The fraction of sp³-hybridized carbons (Fsp3) is 0.483. The number of nitrogens with one attached hydrogen (secondary N) is 1. The molecule has 0 bridgehead atoms. The van der Waals surface area contributed by atoms with Gasteiger partial charge < -0.3 is 15.5 Å². The molecule has 5 heterocycles. The van der Waals surface area contributed by atoms with E-state index in [-0.39, 0.29) is 23.1 Å². The number of carbonyl (C=O) groups is 1. The number of hydrogen-bond acceptors (Lipinski definition) is 10. The number of rotatable bonds is 8. The van der Waals surface area contributed by atoms with Gasteiger partial charge in [-0.2, -0.15) is 0 Å². The van der Waals surface area contributed by atoms with Crippen molar-refractivity contribution >= 4 is 48.4 Å². The SMILES string of the molecule is CN(C)S(=O)(=O)c1cc(C2CN(C(c3cc4ncncc4s3)N3CCN(C(C)(C)C(N)=O)CC3)CCO2)c2cc[nH]c2c1. The van der Waals surface area contributed by atoms with Crippen molar-refractivity contribution in [2.75, 3.05) is 60.0 Å². The van der Waals surface area contributed by atoms with E-state index in [9.17, 15) is 13.2 Å². The van der Waals surface area contributed by atoms with Crippen LogP contribution in [0.15, 0.2) is 47.9 Å². The normalized spacial score (nSPS) is 20.7. The zero-order valence-corrected chi connectivity index (χ0v) is 26.5. The molecule has 2 saturated heterocycles. The second-order valence-electron chi connectivity index (χ2n) is 11.8. The number of carbonyl (C=O) groups excluding carboxylic acids is 1. The molecule has 2 unspecified atom stereocenters. The minimum Gasteiger partial charge on any atom is -0.371 e. The Kier molecular flexibility index (Phi) is 8.04. The summed E-state index contributed by atoms with van der Waals surface area (Å²) in [5.41, 5.74) is 7.52. The Morgan fingerprint density at radius 1 is 1.16 bits per heavy atom. The fourth-order valence-corrected chi connectivity index (χ4v) is 8.20. The Balaban J connectivity index is 1.34. The van der Waals surface area contributed by atoms with Crippen molar-refractivity contribution in [1.29, 1.82) is 0 Å². The molecule has 2 aliphatic heterocycles. The molecule has 12 nitrogen and oxygen atoms in total. The van der Waals surface area contributed by atoms with Crippen LogP contribution in [0.3, 0.4) is 0 Å². The number of aromatic amines is 1. The van der Waals surface area contributed by atoms with Gasteiger partial charge in [-0.1, -0.05) is 0 Å². The van der Waals surface area contributed by atoms with Crippen LogP contribution < -0.4 is 5.73 Å². The lowest BCUT2D eigenvalue weighted by molar-refractivity contribution is -0.131. The average Bonchev–Trinajstić information content (AvgIpc) is 3.64. The largest absolute Gasteiger partial charge is 0.371 e. The molecule has 4 aromatic rings. The monoisotopic (exact) mass is 626 g/mol. The first kappa shape index (κ1) is 30.1. The number of nitrogens with two attached hydrogens (primary N) is 1. The second kappa shape index (κ2) is 11.5. The highest BCUT2D eigenvalue weighted by molar-refractivity contribution is 7.89. The maximum absolute atomic E-state index is 13.1. The van der Waals surface area contributed by atoms with Gasteiger partial charge in [-0.05, 0) is 43.7 Å². The number of nitrogens with zero attached hydrogens (tertiary/aromatic N) is 6. The number of hydrogen-bond donors (Lipinski definition) is 2. The topological polar surface area (TPSA) is 141 Å². The minimum absolute atomic E-state index is 0.0557. The molecular weight excluding hydrogens is 589 g/mol. The van der Waals surface area contributed by atoms with Crippen LogP contribution in [0.4, 0.5) is 0 Å². The van der Waals surface area contributed by atoms with Crippen LogP contribution in [-0.2, 0) is 19.6 Å². The summed E-state index contributed by atoms with van der Waals surface area (Å²) in [7, 11) is -0.571. The average molecular weight is 627 g/mol. The molecule has 2 aliphatic rings. The summed E-state index contributed by atoms with van der Waals surface area (Å²) in [6.07, 6.45) is 4.85. The van der Waals surface area contributed by atoms with Gasteiger partial charge in [-0.25, -0.2) is 22.7 Å². The molecule has 0 aliphatic carbocycles. The van der Waals surface area contributed by atoms with Gasteiger partial charge in [0.1, 0.15) is 6.33 Å². The van der Waals surface area contributed by atoms with Crippen LogP contribution in [0.25, 0.3) is 21.1 Å². The third-order valence-electron chi connectivity index (χ3n) is 8.77. The Hall–Kier alpha value is -2.98. The van der Waals surface area contributed by atoms with E-state index in [4.69, 9.17) is 10.5 Å². The number of morpholine rings is 1. The van der Waals surface area contributed by atoms with Gasteiger partial charge in [0, 0.05) is 81.5 Å². The van der Waals surface area contributed by atoms with E-state index >= 15 is 0 Å².